The summed E-state index contributed by atoms with van der Waals surface area (Å²) in [4.78, 5) is 0. The molecule has 0 fully saturated rings. The minimum absolute atomic E-state index is 0.00296. The van der Waals surface area contributed by atoms with Crippen molar-refractivity contribution in [2.24, 2.45) is 0 Å². The lowest BCUT2D eigenvalue weighted by atomic mass is 10.9. The van der Waals surface area contributed by atoms with E-state index in [9.17, 15) is 16.8 Å². The van der Waals surface area contributed by atoms with Crippen LogP contribution in [0.5, 0.6) is 0 Å². The van der Waals surface area contributed by atoms with Gasteiger partial charge in [-0.25, -0.2) is 0 Å². The van der Waals surface area contributed by atoms with Crippen molar-refractivity contribution in [1.82, 2.24) is 0 Å². The van der Waals surface area contributed by atoms with Crippen molar-refractivity contribution in [2.45, 2.75) is 13.8 Å². The van der Waals surface area contributed by atoms with Crippen LogP contribution in [0.25, 0.3) is 0 Å². The summed E-state index contributed by atoms with van der Waals surface area (Å²) in [6, 6.07) is 0. The fourth-order valence-electron chi connectivity index (χ4n) is 0.681. The van der Waals surface area contributed by atoms with Gasteiger partial charge in [-0.15, -0.1) is 0 Å². The molecule has 0 N–H and O–H groups in total. The Labute approximate surface area is 84.5 Å². The van der Waals surface area contributed by atoms with Crippen LogP contribution in [0.15, 0.2) is 0 Å². The monoisotopic (exact) mass is 246 g/mol. The minimum Gasteiger partial charge on any atom is -0.270 e. The van der Waals surface area contributed by atoms with Gasteiger partial charge in [-0.1, -0.05) is 0 Å². The molecule has 0 aliphatic rings. The zero-order chi connectivity index (χ0) is 11.2. The first-order chi connectivity index (χ1) is 6.33. The van der Waals surface area contributed by atoms with Crippen LogP contribution in [0.1, 0.15) is 13.8 Å². The minimum atomic E-state index is -3.74. The fourth-order valence-corrected chi connectivity index (χ4v) is 3.27. The van der Waals surface area contributed by atoms with Gasteiger partial charge in [0.05, 0.1) is 24.7 Å². The third kappa shape index (κ3) is 6.30. The van der Waals surface area contributed by atoms with Crippen molar-refractivity contribution in [2.75, 3.05) is 24.7 Å². The molecule has 0 rings (SSSR count). The Morgan fingerprint density at radius 1 is 0.786 bits per heavy atom. The van der Waals surface area contributed by atoms with E-state index >= 15 is 0 Å². The lowest BCUT2D eigenvalue weighted by Crippen LogP contribution is -2.20. The predicted octanol–water partition coefficient (Wildman–Crippen LogP) is -0.281. The molecule has 0 saturated heterocycles. The fraction of sp³-hybridized carbons (Fsp3) is 1.00. The van der Waals surface area contributed by atoms with Crippen LogP contribution >= 0.6 is 0 Å². The molecule has 0 unspecified atom stereocenters. The zero-order valence-electron chi connectivity index (χ0n) is 8.09. The van der Waals surface area contributed by atoms with E-state index in [2.05, 4.69) is 8.37 Å². The summed E-state index contributed by atoms with van der Waals surface area (Å²) in [5, 5.41) is 0. The molecule has 0 amide bonds. The summed E-state index contributed by atoms with van der Waals surface area (Å²) < 4.78 is 52.5. The Balaban J connectivity index is 4.19. The topological polar surface area (TPSA) is 86.7 Å². The number of hydrogen-bond donors (Lipinski definition) is 0. The molecule has 0 bridgehead atoms. The molecular weight excluding hydrogens is 232 g/mol. The highest BCUT2D eigenvalue weighted by Crippen LogP contribution is 1.98. The van der Waals surface area contributed by atoms with E-state index in [0.717, 1.165) is 0 Å². The maximum absolute atomic E-state index is 10.9. The molecule has 86 valence electrons. The standard InChI is InChI=1S/C6H14O6S2/c1-3-11-13(7,8)5-6-14(9,10)12-4-2/h3-6H2,1-2H3. The molecule has 14 heavy (non-hydrogen) atoms. The van der Waals surface area contributed by atoms with E-state index in [-0.39, 0.29) is 13.2 Å². The van der Waals surface area contributed by atoms with E-state index < -0.39 is 31.7 Å². The molecular formula is C6H14O6S2. The second-order valence-corrected chi connectivity index (χ2v) is 5.86. The van der Waals surface area contributed by atoms with E-state index in [1.165, 1.54) is 13.8 Å². The van der Waals surface area contributed by atoms with Gasteiger partial charge in [-0.3, -0.25) is 8.37 Å². The first-order valence-electron chi connectivity index (χ1n) is 4.07. The average molecular weight is 246 g/mol. The van der Waals surface area contributed by atoms with E-state index in [1.807, 2.05) is 0 Å². The van der Waals surface area contributed by atoms with Crippen molar-refractivity contribution in [3.05, 3.63) is 0 Å². The second kappa shape index (κ2) is 5.64. The molecule has 0 spiro atoms. The Hall–Kier alpha value is -0.180. The molecule has 0 radical (unpaired) electrons. The van der Waals surface area contributed by atoms with Crippen molar-refractivity contribution in [3.8, 4) is 0 Å². The largest absolute Gasteiger partial charge is 0.270 e. The molecule has 0 aliphatic heterocycles. The zero-order valence-corrected chi connectivity index (χ0v) is 9.73. The van der Waals surface area contributed by atoms with E-state index in [0.29, 0.717) is 0 Å². The van der Waals surface area contributed by atoms with Gasteiger partial charge in [0.15, 0.2) is 0 Å². The summed E-state index contributed by atoms with van der Waals surface area (Å²) in [6.07, 6.45) is 0. The first-order valence-corrected chi connectivity index (χ1v) is 7.22. The third-order valence-corrected chi connectivity index (χ3v) is 4.03. The maximum Gasteiger partial charge on any atom is 0.268 e. The molecule has 0 aromatic carbocycles. The van der Waals surface area contributed by atoms with Crippen molar-refractivity contribution in [1.29, 1.82) is 0 Å². The molecule has 8 heteroatoms. The van der Waals surface area contributed by atoms with Gasteiger partial charge < -0.3 is 0 Å². The second-order valence-electron chi connectivity index (χ2n) is 2.34. The van der Waals surface area contributed by atoms with Gasteiger partial charge in [0.2, 0.25) is 0 Å². The van der Waals surface area contributed by atoms with E-state index in [4.69, 9.17) is 0 Å². The van der Waals surface area contributed by atoms with Crippen molar-refractivity contribution < 1.29 is 25.2 Å². The molecule has 0 saturated carbocycles. The maximum atomic E-state index is 10.9. The lowest BCUT2D eigenvalue weighted by Gasteiger charge is -2.04. The van der Waals surface area contributed by atoms with Gasteiger partial charge >= 0.3 is 0 Å². The number of rotatable bonds is 7. The van der Waals surface area contributed by atoms with Gasteiger partial charge in [-0.2, -0.15) is 16.8 Å². The quantitative estimate of drug-likeness (QED) is 0.574. The molecule has 0 aromatic heterocycles. The van der Waals surface area contributed by atoms with Crippen LogP contribution < -0.4 is 0 Å². The lowest BCUT2D eigenvalue weighted by molar-refractivity contribution is 0.331. The molecule has 0 atom stereocenters. The van der Waals surface area contributed by atoms with Gasteiger partial charge in [-0.05, 0) is 13.8 Å². The summed E-state index contributed by atoms with van der Waals surface area (Å²) >= 11 is 0. The van der Waals surface area contributed by atoms with E-state index in [1.54, 1.807) is 0 Å². The van der Waals surface area contributed by atoms with Gasteiger partial charge in [0.1, 0.15) is 0 Å². The van der Waals surface area contributed by atoms with Crippen LogP contribution in [0.2, 0.25) is 0 Å². The molecule has 0 heterocycles. The SMILES string of the molecule is CCOS(=O)(=O)CCS(=O)(=O)OCC. The van der Waals surface area contributed by atoms with Gasteiger partial charge in [0.25, 0.3) is 20.2 Å². The van der Waals surface area contributed by atoms with Crippen LogP contribution in [0.3, 0.4) is 0 Å². The highest BCUT2D eigenvalue weighted by molar-refractivity contribution is 7.90. The highest BCUT2D eigenvalue weighted by atomic mass is 32.2. The van der Waals surface area contributed by atoms with Crippen LogP contribution in [0, 0.1) is 0 Å². The molecule has 0 aromatic rings. The summed E-state index contributed by atoms with van der Waals surface area (Å²) in [7, 11) is -7.48. The first kappa shape index (κ1) is 13.8. The summed E-state index contributed by atoms with van der Waals surface area (Å²) in [5.41, 5.74) is 0. The highest BCUT2D eigenvalue weighted by Gasteiger charge is 2.17. The Kier molecular flexibility index (Phi) is 5.57. The smallest absolute Gasteiger partial charge is 0.268 e. The summed E-state index contributed by atoms with van der Waals surface area (Å²) in [6.45, 7) is 3.01. The van der Waals surface area contributed by atoms with Crippen LogP contribution in [0.4, 0.5) is 0 Å². The van der Waals surface area contributed by atoms with Crippen molar-refractivity contribution >= 4 is 20.2 Å². The number of hydrogen-bond acceptors (Lipinski definition) is 6. The third-order valence-electron chi connectivity index (χ3n) is 1.18. The molecule has 0 aliphatic carbocycles. The Morgan fingerprint density at radius 2 is 1.07 bits per heavy atom. The Morgan fingerprint density at radius 3 is 1.29 bits per heavy atom. The Bertz CT molecular complexity index is 305. The predicted molar refractivity (Wildman–Crippen MR) is 50.8 cm³/mol. The van der Waals surface area contributed by atoms with Crippen LogP contribution in [-0.2, 0) is 28.6 Å². The molecule has 6 nitrogen and oxygen atoms in total. The van der Waals surface area contributed by atoms with Crippen LogP contribution in [-0.4, -0.2) is 41.6 Å². The normalized spacial score (nSPS) is 13.0. The summed E-state index contributed by atoms with van der Waals surface area (Å²) in [5.74, 6) is -1.16. The van der Waals surface area contributed by atoms with Gasteiger partial charge in [0, 0.05) is 0 Å². The average Bonchev–Trinajstić information content (AvgIpc) is 2.01. The van der Waals surface area contributed by atoms with Crippen molar-refractivity contribution in [3.63, 3.8) is 0 Å².